The van der Waals surface area contributed by atoms with E-state index in [1.807, 2.05) is 44.2 Å². The Hall–Kier alpha value is -3.00. The Morgan fingerprint density at radius 1 is 1.25 bits per heavy atom. The first kappa shape index (κ1) is 21.3. The Morgan fingerprint density at radius 2 is 2.00 bits per heavy atom. The summed E-state index contributed by atoms with van der Waals surface area (Å²) in [5.41, 5.74) is 2.90. The molecule has 2 amide bonds. The lowest BCUT2D eigenvalue weighted by atomic mass is 10.2. The van der Waals surface area contributed by atoms with Gasteiger partial charge in [0, 0.05) is 6.07 Å². The number of hydrogen-bond acceptors (Lipinski definition) is 5. The van der Waals surface area contributed by atoms with E-state index in [0.717, 1.165) is 18.5 Å². The number of hydrogen-bond donors (Lipinski definition) is 1. The second kappa shape index (κ2) is 11.0. The zero-order chi connectivity index (χ0) is 20.4. The summed E-state index contributed by atoms with van der Waals surface area (Å²) >= 11 is 0. The largest absolute Gasteiger partial charge is 0.478 e. The SMILES string of the molecule is CCCCOc1c/c(=N\C(=O)C(=O)NOCC(C)C)cnn1-c1ccccc1. The van der Waals surface area contributed by atoms with Crippen LogP contribution >= 0.6 is 0 Å². The first-order valence-corrected chi connectivity index (χ1v) is 9.29. The van der Waals surface area contributed by atoms with Crippen LogP contribution in [0, 0.1) is 5.92 Å². The minimum Gasteiger partial charge on any atom is -0.478 e. The number of rotatable bonds is 8. The lowest BCUT2D eigenvalue weighted by Crippen LogP contribution is -2.32. The fourth-order valence-electron chi connectivity index (χ4n) is 2.13. The molecule has 8 nitrogen and oxygen atoms in total. The maximum Gasteiger partial charge on any atom is 0.337 e. The highest BCUT2D eigenvalue weighted by atomic mass is 16.7. The molecule has 0 saturated heterocycles. The molecule has 28 heavy (non-hydrogen) atoms. The van der Waals surface area contributed by atoms with Gasteiger partial charge in [-0.2, -0.15) is 5.10 Å². The minimum atomic E-state index is -0.970. The van der Waals surface area contributed by atoms with Crippen LogP contribution in [0.3, 0.4) is 0 Å². The van der Waals surface area contributed by atoms with Crippen LogP contribution in [0.25, 0.3) is 5.69 Å². The second-order valence-electron chi connectivity index (χ2n) is 6.55. The molecule has 0 aliphatic rings. The Bertz CT molecular complexity index is 847. The Morgan fingerprint density at radius 3 is 2.68 bits per heavy atom. The van der Waals surface area contributed by atoms with Crippen molar-refractivity contribution >= 4 is 11.8 Å². The Balaban J connectivity index is 2.22. The highest BCUT2D eigenvalue weighted by Crippen LogP contribution is 2.14. The molecule has 0 bridgehead atoms. The van der Waals surface area contributed by atoms with E-state index in [4.69, 9.17) is 9.57 Å². The van der Waals surface area contributed by atoms with Crippen molar-refractivity contribution in [3.8, 4) is 11.6 Å². The molecule has 0 radical (unpaired) electrons. The molecule has 1 N–H and O–H groups in total. The van der Waals surface area contributed by atoms with Crippen LogP contribution < -0.4 is 15.6 Å². The van der Waals surface area contributed by atoms with E-state index in [1.165, 1.54) is 6.20 Å². The first-order chi connectivity index (χ1) is 13.5. The van der Waals surface area contributed by atoms with Crippen LogP contribution in [0.1, 0.15) is 33.6 Å². The number of nitrogens with one attached hydrogen (secondary N) is 1. The van der Waals surface area contributed by atoms with Crippen LogP contribution in [-0.4, -0.2) is 34.8 Å². The van der Waals surface area contributed by atoms with Crippen LogP contribution in [0.4, 0.5) is 0 Å². The molecule has 1 heterocycles. The van der Waals surface area contributed by atoms with Crippen molar-refractivity contribution in [2.45, 2.75) is 33.6 Å². The van der Waals surface area contributed by atoms with E-state index in [1.54, 1.807) is 10.7 Å². The van der Waals surface area contributed by atoms with Gasteiger partial charge in [-0.15, -0.1) is 0 Å². The van der Waals surface area contributed by atoms with Crippen LogP contribution in [0.5, 0.6) is 5.88 Å². The van der Waals surface area contributed by atoms with Gasteiger partial charge < -0.3 is 4.74 Å². The molecule has 2 rings (SSSR count). The third kappa shape index (κ3) is 6.62. The summed E-state index contributed by atoms with van der Waals surface area (Å²) in [6.07, 6.45) is 3.27. The van der Waals surface area contributed by atoms with Gasteiger partial charge in [-0.1, -0.05) is 45.4 Å². The van der Waals surface area contributed by atoms with Crippen LogP contribution in [0.2, 0.25) is 0 Å². The van der Waals surface area contributed by atoms with E-state index in [9.17, 15) is 9.59 Å². The van der Waals surface area contributed by atoms with Crippen molar-refractivity contribution in [3.63, 3.8) is 0 Å². The zero-order valence-electron chi connectivity index (χ0n) is 16.4. The first-order valence-electron chi connectivity index (χ1n) is 9.29. The van der Waals surface area contributed by atoms with E-state index < -0.39 is 11.8 Å². The summed E-state index contributed by atoms with van der Waals surface area (Å²) < 4.78 is 7.43. The van der Waals surface area contributed by atoms with Crippen molar-refractivity contribution < 1.29 is 19.2 Å². The summed E-state index contributed by atoms with van der Waals surface area (Å²) in [7, 11) is 0. The van der Waals surface area contributed by atoms with Crippen LogP contribution in [0.15, 0.2) is 47.6 Å². The van der Waals surface area contributed by atoms with Crippen molar-refractivity contribution in [3.05, 3.63) is 48.0 Å². The maximum absolute atomic E-state index is 12.0. The standard InChI is InChI=1S/C20H26N4O4/c1-4-5-11-27-18-12-16(13-21-24(18)17-9-7-6-8-10-17)22-19(25)20(26)23-28-14-15(2)3/h6-10,12-13,15H,4-5,11,14H2,1-3H3,(H,23,26)/b22-16+. The van der Waals surface area contributed by atoms with Gasteiger partial charge in [-0.05, 0) is 24.5 Å². The fraction of sp³-hybridized carbons (Fsp3) is 0.400. The summed E-state index contributed by atoms with van der Waals surface area (Å²) in [6, 6.07) is 11.1. The average Bonchev–Trinajstić information content (AvgIpc) is 2.68. The van der Waals surface area contributed by atoms with Gasteiger partial charge in [0.05, 0.1) is 30.5 Å². The van der Waals surface area contributed by atoms with E-state index in [0.29, 0.717) is 19.1 Å². The molecule has 0 saturated carbocycles. The number of aromatic nitrogens is 2. The number of ether oxygens (including phenoxy) is 1. The van der Waals surface area contributed by atoms with Gasteiger partial charge in [0.1, 0.15) is 0 Å². The number of hydroxylamine groups is 1. The molecule has 0 aliphatic carbocycles. The Kier molecular flexibility index (Phi) is 8.36. The van der Waals surface area contributed by atoms with Gasteiger partial charge in [0.15, 0.2) is 0 Å². The quantitative estimate of drug-likeness (QED) is 0.426. The maximum atomic E-state index is 12.0. The predicted octanol–water partition coefficient (Wildman–Crippen LogP) is 2.18. The molecular weight excluding hydrogens is 360 g/mol. The van der Waals surface area contributed by atoms with E-state index in [-0.39, 0.29) is 11.3 Å². The normalized spacial score (nSPS) is 11.5. The molecule has 0 spiro atoms. The minimum absolute atomic E-state index is 0.224. The van der Waals surface area contributed by atoms with Crippen molar-refractivity contribution in [1.82, 2.24) is 15.3 Å². The Labute approximate surface area is 164 Å². The van der Waals surface area contributed by atoms with Gasteiger partial charge in [-0.25, -0.2) is 15.2 Å². The molecule has 0 fully saturated rings. The fourth-order valence-corrected chi connectivity index (χ4v) is 2.13. The summed E-state index contributed by atoms with van der Waals surface area (Å²) in [5.74, 6) is -1.25. The molecular formula is C20H26N4O4. The number of benzene rings is 1. The monoisotopic (exact) mass is 386 g/mol. The summed E-state index contributed by atoms with van der Waals surface area (Å²) in [6.45, 7) is 6.73. The van der Waals surface area contributed by atoms with Crippen molar-refractivity contribution in [2.24, 2.45) is 10.9 Å². The molecule has 2 aromatic rings. The number of amides is 2. The molecule has 8 heteroatoms. The molecule has 0 unspecified atom stereocenters. The number of carbonyl (C=O) groups excluding carboxylic acids is 2. The molecule has 150 valence electrons. The summed E-state index contributed by atoms with van der Waals surface area (Å²) in [4.78, 5) is 32.5. The van der Waals surface area contributed by atoms with E-state index in [2.05, 4.69) is 22.5 Å². The smallest absolute Gasteiger partial charge is 0.337 e. The number of unbranched alkanes of at least 4 members (excludes halogenated alkanes) is 1. The van der Waals surface area contributed by atoms with Gasteiger partial charge in [0.25, 0.3) is 0 Å². The lowest BCUT2D eigenvalue weighted by molar-refractivity contribution is -0.146. The lowest BCUT2D eigenvalue weighted by Gasteiger charge is -2.13. The van der Waals surface area contributed by atoms with Crippen molar-refractivity contribution in [1.29, 1.82) is 0 Å². The van der Waals surface area contributed by atoms with Crippen LogP contribution in [-0.2, 0) is 14.4 Å². The second-order valence-corrected chi connectivity index (χ2v) is 6.55. The predicted molar refractivity (Wildman–Crippen MR) is 103 cm³/mol. The van der Waals surface area contributed by atoms with Gasteiger partial charge in [0.2, 0.25) is 5.88 Å². The third-order valence-electron chi connectivity index (χ3n) is 3.54. The van der Waals surface area contributed by atoms with Crippen molar-refractivity contribution in [2.75, 3.05) is 13.2 Å². The van der Waals surface area contributed by atoms with Gasteiger partial charge >= 0.3 is 11.8 Å². The molecule has 1 aromatic heterocycles. The molecule has 0 atom stereocenters. The third-order valence-corrected chi connectivity index (χ3v) is 3.54. The van der Waals surface area contributed by atoms with E-state index >= 15 is 0 Å². The molecule has 0 aliphatic heterocycles. The molecule has 1 aromatic carbocycles. The number of carbonyl (C=O) groups is 2. The number of para-hydroxylation sites is 1. The summed E-state index contributed by atoms with van der Waals surface area (Å²) in [5, 5.41) is 4.53. The highest BCUT2D eigenvalue weighted by molar-refractivity contribution is 6.35. The van der Waals surface area contributed by atoms with Gasteiger partial charge in [-0.3, -0.25) is 14.4 Å². The average molecular weight is 386 g/mol. The topological polar surface area (TPSA) is 94.8 Å². The number of nitrogens with zero attached hydrogens (tertiary/aromatic N) is 3. The zero-order valence-corrected chi connectivity index (χ0v) is 16.4. The highest BCUT2D eigenvalue weighted by Gasteiger charge is 2.13.